The van der Waals surface area contributed by atoms with Gasteiger partial charge in [-0.25, -0.2) is 0 Å². The highest BCUT2D eigenvalue weighted by atomic mass is 15.1. The largest absolute Gasteiger partial charge is 0.330 e. The first-order valence-electron chi connectivity index (χ1n) is 5.63. The van der Waals surface area contributed by atoms with Gasteiger partial charge in [0.05, 0.1) is 0 Å². The van der Waals surface area contributed by atoms with Crippen LogP contribution in [0.5, 0.6) is 0 Å². The summed E-state index contributed by atoms with van der Waals surface area (Å²) in [5, 5.41) is 0. The second kappa shape index (κ2) is 11.9. The van der Waals surface area contributed by atoms with Crippen molar-refractivity contribution in [1.82, 2.24) is 4.90 Å². The van der Waals surface area contributed by atoms with Crippen LogP contribution in [-0.4, -0.2) is 31.6 Å². The monoisotopic (exact) mass is 188 g/mol. The van der Waals surface area contributed by atoms with E-state index in [0.717, 1.165) is 19.0 Å². The number of hydrogen-bond donors (Lipinski definition) is 1. The molecule has 0 radical (unpaired) electrons. The van der Waals surface area contributed by atoms with Crippen molar-refractivity contribution in [1.29, 1.82) is 0 Å². The summed E-state index contributed by atoms with van der Waals surface area (Å²) in [6.45, 7) is 11.6. The maximum absolute atomic E-state index is 5.50. The van der Waals surface area contributed by atoms with E-state index in [-0.39, 0.29) is 0 Å². The molecule has 0 aliphatic rings. The summed E-state index contributed by atoms with van der Waals surface area (Å²) in [5.74, 6) is 0.796. The molecule has 13 heavy (non-hydrogen) atoms. The summed E-state index contributed by atoms with van der Waals surface area (Å²) < 4.78 is 0. The molecule has 0 aliphatic heterocycles. The van der Waals surface area contributed by atoms with Crippen LogP contribution in [0.2, 0.25) is 0 Å². The highest BCUT2D eigenvalue weighted by molar-refractivity contribution is 4.61. The lowest BCUT2D eigenvalue weighted by molar-refractivity contribution is 0.275. The van der Waals surface area contributed by atoms with Gasteiger partial charge in [-0.05, 0) is 32.5 Å². The van der Waals surface area contributed by atoms with Gasteiger partial charge in [0.2, 0.25) is 0 Å². The molecule has 0 aliphatic carbocycles. The molecule has 0 aromatic heterocycles. The van der Waals surface area contributed by atoms with Crippen LogP contribution < -0.4 is 5.73 Å². The summed E-state index contributed by atoms with van der Waals surface area (Å²) >= 11 is 0. The van der Waals surface area contributed by atoms with Crippen LogP contribution in [0.3, 0.4) is 0 Å². The van der Waals surface area contributed by atoms with Gasteiger partial charge in [-0.3, -0.25) is 0 Å². The van der Waals surface area contributed by atoms with Crippen LogP contribution in [0, 0.1) is 5.92 Å². The molecule has 0 rings (SSSR count). The van der Waals surface area contributed by atoms with Gasteiger partial charge in [-0.15, -0.1) is 0 Å². The molecule has 0 saturated carbocycles. The smallest absolute Gasteiger partial charge is 0.000686 e. The lowest BCUT2D eigenvalue weighted by atomic mass is 10.0. The van der Waals surface area contributed by atoms with Crippen molar-refractivity contribution in [3.05, 3.63) is 0 Å². The van der Waals surface area contributed by atoms with E-state index in [0.29, 0.717) is 0 Å². The van der Waals surface area contributed by atoms with Gasteiger partial charge in [0.25, 0.3) is 0 Å². The average molecular weight is 188 g/mol. The fourth-order valence-corrected chi connectivity index (χ4v) is 1.23. The Bertz CT molecular complexity index is 84.2. The minimum Gasteiger partial charge on any atom is -0.330 e. The Balaban J connectivity index is 0. The fraction of sp³-hybridized carbons (Fsp3) is 1.00. The van der Waals surface area contributed by atoms with Crippen molar-refractivity contribution in [2.45, 2.75) is 40.5 Å². The zero-order chi connectivity index (χ0) is 10.7. The third-order valence-electron chi connectivity index (χ3n) is 2.26. The van der Waals surface area contributed by atoms with Crippen molar-refractivity contribution in [2.75, 3.05) is 26.7 Å². The molecule has 0 aromatic carbocycles. The van der Waals surface area contributed by atoms with E-state index in [1.165, 1.54) is 19.4 Å². The van der Waals surface area contributed by atoms with Gasteiger partial charge in [0.1, 0.15) is 0 Å². The molecular weight excluding hydrogens is 160 g/mol. The van der Waals surface area contributed by atoms with Crippen molar-refractivity contribution in [3.63, 3.8) is 0 Å². The van der Waals surface area contributed by atoms with Gasteiger partial charge in [-0.2, -0.15) is 0 Å². The third kappa shape index (κ3) is 9.84. The van der Waals surface area contributed by atoms with E-state index in [1.807, 2.05) is 13.8 Å². The van der Waals surface area contributed by atoms with E-state index in [2.05, 4.69) is 25.8 Å². The molecule has 1 atom stereocenters. The second-order valence-corrected chi connectivity index (χ2v) is 3.21. The van der Waals surface area contributed by atoms with Crippen molar-refractivity contribution < 1.29 is 0 Å². The Kier molecular flexibility index (Phi) is 14.1. The average Bonchev–Trinajstić information content (AvgIpc) is 2.20. The van der Waals surface area contributed by atoms with Crippen LogP contribution >= 0.6 is 0 Å². The van der Waals surface area contributed by atoms with Crippen molar-refractivity contribution in [2.24, 2.45) is 11.7 Å². The second-order valence-electron chi connectivity index (χ2n) is 3.21. The first kappa shape index (κ1) is 15.4. The van der Waals surface area contributed by atoms with Crippen molar-refractivity contribution >= 4 is 0 Å². The summed E-state index contributed by atoms with van der Waals surface area (Å²) in [7, 11) is 2.17. The first-order valence-corrected chi connectivity index (χ1v) is 5.63. The van der Waals surface area contributed by atoms with Crippen LogP contribution in [0.1, 0.15) is 40.5 Å². The summed E-state index contributed by atoms with van der Waals surface area (Å²) in [5.41, 5.74) is 5.50. The maximum atomic E-state index is 5.50. The van der Waals surface area contributed by atoms with Crippen molar-refractivity contribution in [3.8, 4) is 0 Å². The zero-order valence-corrected chi connectivity index (χ0v) is 10.1. The molecular formula is C11H28N2. The Morgan fingerprint density at radius 1 is 1.23 bits per heavy atom. The van der Waals surface area contributed by atoms with E-state index < -0.39 is 0 Å². The summed E-state index contributed by atoms with van der Waals surface area (Å²) in [6.07, 6.45) is 2.42. The molecule has 0 bridgehead atoms. The molecule has 2 N–H and O–H groups in total. The van der Waals surface area contributed by atoms with Gasteiger partial charge in [-0.1, -0.05) is 34.1 Å². The minimum atomic E-state index is 0.796. The van der Waals surface area contributed by atoms with Crippen LogP contribution in [0.15, 0.2) is 0 Å². The van der Waals surface area contributed by atoms with Crippen LogP contribution in [-0.2, 0) is 0 Å². The van der Waals surface area contributed by atoms with Crippen LogP contribution in [0.25, 0.3) is 0 Å². The van der Waals surface area contributed by atoms with Gasteiger partial charge in [0, 0.05) is 6.54 Å². The highest BCUT2D eigenvalue weighted by Gasteiger charge is 2.06. The lowest BCUT2D eigenvalue weighted by Gasteiger charge is -2.20. The maximum Gasteiger partial charge on any atom is 0.000686 e. The molecule has 0 saturated heterocycles. The number of nitrogens with zero attached hydrogens (tertiary/aromatic N) is 1. The molecule has 1 unspecified atom stereocenters. The summed E-state index contributed by atoms with van der Waals surface area (Å²) in [6, 6.07) is 0. The van der Waals surface area contributed by atoms with E-state index >= 15 is 0 Å². The Hall–Kier alpha value is -0.0800. The standard InChI is InChI=1S/C9H22N2.C2H6/c1-4-9(6-7-10)8-11(3)5-2;1-2/h9H,4-8,10H2,1-3H3;1-2H3. The van der Waals surface area contributed by atoms with E-state index in [1.54, 1.807) is 0 Å². The molecule has 0 aromatic rings. The SMILES string of the molecule is CC.CCC(CCN)CN(C)CC. The molecule has 0 heterocycles. The topological polar surface area (TPSA) is 29.3 Å². The molecule has 0 spiro atoms. The first-order chi connectivity index (χ1) is 6.24. The van der Waals surface area contributed by atoms with E-state index in [4.69, 9.17) is 5.73 Å². The van der Waals surface area contributed by atoms with Gasteiger partial charge >= 0.3 is 0 Å². The molecule has 2 nitrogen and oxygen atoms in total. The Morgan fingerprint density at radius 2 is 1.77 bits per heavy atom. The molecule has 82 valence electrons. The molecule has 0 amide bonds. The lowest BCUT2D eigenvalue weighted by Crippen LogP contribution is -2.26. The quantitative estimate of drug-likeness (QED) is 0.693. The molecule has 0 fully saturated rings. The van der Waals surface area contributed by atoms with Crippen LogP contribution in [0.4, 0.5) is 0 Å². The summed E-state index contributed by atoms with van der Waals surface area (Å²) in [4.78, 5) is 2.35. The Labute approximate surface area is 84.5 Å². The fourth-order valence-electron chi connectivity index (χ4n) is 1.23. The van der Waals surface area contributed by atoms with Gasteiger partial charge < -0.3 is 10.6 Å². The molecule has 2 heteroatoms. The highest BCUT2D eigenvalue weighted by Crippen LogP contribution is 2.07. The normalized spacial score (nSPS) is 12.2. The Morgan fingerprint density at radius 3 is 2.08 bits per heavy atom. The predicted molar refractivity (Wildman–Crippen MR) is 62.0 cm³/mol. The number of nitrogens with two attached hydrogens (primary N) is 1. The van der Waals surface area contributed by atoms with Gasteiger partial charge in [0.15, 0.2) is 0 Å². The number of rotatable bonds is 6. The van der Waals surface area contributed by atoms with E-state index in [9.17, 15) is 0 Å². The third-order valence-corrected chi connectivity index (χ3v) is 2.26. The zero-order valence-electron chi connectivity index (χ0n) is 10.1. The number of hydrogen-bond acceptors (Lipinski definition) is 2. The minimum absolute atomic E-state index is 0.796. The predicted octanol–water partition coefficient (Wildman–Crippen LogP) is 2.34.